The number of amides is 1. The zero-order valence-electron chi connectivity index (χ0n) is 19.0. The summed E-state index contributed by atoms with van der Waals surface area (Å²) in [5, 5.41) is 8.29. The molecule has 0 aromatic carbocycles. The average Bonchev–Trinajstić information content (AvgIpc) is 3.47. The number of hydrogen-bond acceptors (Lipinski definition) is 6. The van der Waals surface area contributed by atoms with Crippen molar-refractivity contribution in [3.8, 4) is 11.6 Å². The van der Waals surface area contributed by atoms with Gasteiger partial charge in [0.05, 0.1) is 24.0 Å². The molecule has 1 amide bonds. The van der Waals surface area contributed by atoms with Gasteiger partial charge in [0.25, 0.3) is 5.91 Å². The summed E-state index contributed by atoms with van der Waals surface area (Å²) in [5.74, 6) is 0.0228. The number of ether oxygens (including phenoxy) is 1. The van der Waals surface area contributed by atoms with Crippen LogP contribution in [0.15, 0.2) is 43.0 Å². The average molecular weight is 474 g/mol. The van der Waals surface area contributed by atoms with Gasteiger partial charge in [-0.05, 0) is 43.4 Å². The maximum atomic E-state index is 13.7. The number of nitrogens with zero attached hydrogens (tertiary/aromatic N) is 6. The predicted molar refractivity (Wildman–Crippen MR) is 116 cm³/mol. The zero-order chi connectivity index (χ0) is 24.5. The fraction of sp³-hybridized carbons (Fsp3) is 0.435. The fourth-order valence-electron chi connectivity index (χ4n) is 4.23. The lowest BCUT2D eigenvalue weighted by Crippen LogP contribution is -2.45. The lowest BCUT2D eigenvalue weighted by atomic mass is 10.0. The summed E-state index contributed by atoms with van der Waals surface area (Å²) >= 11 is 0. The highest BCUT2D eigenvalue weighted by Crippen LogP contribution is 2.32. The first-order chi connectivity index (χ1) is 16.2. The molecule has 3 unspecified atom stereocenters. The number of hydrogen-bond donors (Lipinski definition) is 0. The van der Waals surface area contributed by atoms with E-state index >= 15 is 0 Å². The molecule has 0 N–H and O–H groups in total. The van der Waals surface area contributed by atoms with E-state index in [4.69, 9.17) is 4.74 Å². The van der Waals surface area contributed by atoms with Gasteiger partial charge in [0.1, 0.15) is 11.8 Å². The zero-order valence-corrected chi connectivity index (χ0v) is 19.0. The number of alkyl halides is 3. The summed E-state index contributed by atoms with van der Waals surface area (Å²) in [7, 11) is 0. The molecule has 1 aliphatic heterocycles. The van der Waals surface area contributed by atoms with Crippen LogP contribution in [0.5, 0.6) is 5.88 Å². The van der Waals surface area contributed by atoms with E-state index < -0.39 is 17.8 Å². The molecule has 34 heavy (non-hydrogen) atoms. The van der Waals surface area contributed by atoms with E-state index in [1.165, 1.54) is 23.3 Å². The SMILES string of the molecule is CCC(Oc1ccc(C(F)(F)F)cn1)C1CC(C)CN1C(=O)c1ncc(C)cc1-n1nccn1. The number of aromatic nitrogens is 5. The molecule has 4 heterocycles. The van der Waals surface area contributed by atoms with Crippen LogP contribution in [0.2, 0.25) is 0 Å². The molecule has 1 fully saturated rings. The van der Waals surface area contributed by atoms with Gasteiger partial charge in [0, 0.05) is 25.0 Å². The molecule has 3 atom stereocenters. The van der Waals surface area contributed by atoms with E-state index in [1.54, 1.807) is 17.2 Å². The smallest absolute Gasteiger partial charge is 0.417 e. The van der Waals surface area contributed by atoms with E-state index in [1.807, 2.05) is 20.8 Å². The molecule has 1 aliphatic rings. The van der Waals surface area contributed by atoms with Crippen molar-refractivity contribution in [3.05, 3.63) is 59.8 Å². The molecule has 0 aliphatic carbocycles. The molecule has 0 radical (unpaired) electrons. The Morgan fingerprint density at radius 2 is 1.94 bits per heavy atom. The Hall–Kier alpha value is -3.50. The molecule has 0 saturated carbocycles. The van der Waals surface area contributed by atoms with Crippen molar-refractivity contribution in [3.63, 3.8) is 0 Å². The molecule has 180 valence electrons. The van der Waals surface area contributed by atoms with E-state index in [-0.39, 0.29) is 29.4 Å². The second-order valence-electron chi connectivity index (χ2n) is 8.51. The fourth-order valence-corrected chi connectivity index (χ4v) is 4.23. The largest absolute Gasteiger partial charge is 0.472 e. The van der Waals surface area contributed by atoms with E-state index in [0.29, 0.717) is 25.1 Å². The van der Waals surface area contributed by atoms with Crippen molar-refractivity contribution in [1.29, 1.82) is 0 Å². The second kappa shape index (κ2) is 9.40. The van der Waals surface area contributed by atoms with Crippen LogP contribution in [0.25, 0.3) is 5.69 Å². The van der Waals surface area contributed by atoms with Gasteiger partial charge in [0.15, 0.2) is 5.69 Å². The van der Waals surface area contributed by atoms with Crippen LogP contribution in [0.4, 0.5) is 13.2 Å². The number of rotatable bonds is 6. The molecule has 0 bridgehead atoms. The Bertz CT molecular complexity index is 1130. The first kappa shape index (κ1) is 23.7. The van der Waals surface area contributed by atoms with Gasteiger partial charge in [-0.15, -0.1) is 4.80 Å². The molecule has 0 spiro atoms. The van der Waals surface area contributed by atoms with Crippen LogP contribution in [0, 0.1) is 12.8 Å². The number of carbonyl (C=O) groups is 1. The summed E-state index contributed by atoms with van der Waals surface area (Å²) in [6.07, 6.45) is 1.73. The minimum absolute atomic E-state index is 0.0849. The van der Waals surface area contributed by atoms with E-state index in [0.717, 1.165) is 17.8 Å². The van der Waals surface area contributed by atoms with Crippen LogP contribution in [0.3, 0.4) is 0 Å². The Labute approximate surface area is 194 Å². The molecule has 4 rings (SSSR count). The predicted octanol–water partition coefficient (Wildman–Crippen LogP) is 4.09. The number of aryl methyl sites for hydroxylation is 1. The van der Waals surface area contributed by atoms with Gasteiger partial charge < -0.3 is 9.64 Å². The van der Waals surface area contributed by atoms with Crippen LogP contribution in [-0.4, -0.2) is 54.5 Å². The Balaban J connectivity index is 1.60. The number of halogens is 3. The van der Waals surface area contributed by atoms with Gasteiger partial charge in [-0.1, -0.05) is 13.8 Å². The first-order valence-corrected chi connectivity index (χ1v) is 11.0. The van der Waals surface area contributed by atoms with E-state index in [9.17, 15) is 18.0 Å². The van der Waals surface area contributed by atoms with Gasteiger partial charge in [-0.2, -0.15) is 23.4 Å². The monoisotopic (exact) mass is 474 g/mol. The van der Waals surface area contributed by atoms with Crippen molar-refractivity contribution < 1.29 is 22.7 Å². The molecular formula is C23H25F3N6O2. The molecule has 3 aromatic rings. The molecule has 3 aromatic heterocycles. The topological polar surface area (TPSA) is 86.0 Å². The normalized spacial score (nSPS) is 19.3. The summed E-state index contributed by atoms with van der Waals surface area (Å²) in [6, 6.07) is 3.65. The molecular weight excluding hydrogens is 449 g/mol. The third kappa shape index (κ3) is 4.87. The minimum atomic E-state index is -4.47. The number of likely N-dealkylation sites (tertiary alicyclic amines) is 1. The molecule has 1 saturated heterocycles. The van der Waals surface area contributed by atoms with Crippen LogP contribution >= 0.6 is 0 Å². The summed E-state index contributed by atoms with van der Waals surface area (Å²) in [6.45, 7) is 6.32. The standard InChI is InChI=1S/C23H25F3N6O2/c1-4-19(34-20-6-5-16(12-27-20)23(24,25)26)17-10-15(3)13-31(17)22(33)21-18(9-14(2)11-28-21)32-29-7-8-30-32/h5-9,11-12,15,17,19H,4,10,13H2,1-3H3. The van der Waals surface area contributed by atoms with Crippen molar-refractivity contribution >= 4 is 5.91 Å². The third-order valence-electron chi connectivity index (χ3n) is 5.82. The third-order valence-corrected chi connectivity index (χ3v) is 5.82. The summed E-state index contributed by atoms with van der Waals surface area (Å²) in [5.41, 5.74) is 0.720. The highest BCUT2D eigenvalue weighted by atomic mass is 19.4. The maximum absolute atomic E-state index is 13.7. The minimum Gasteiger partial charge on any atom is -0.472 e. The quantitative estimate of drug-likeness (QED) is 0.535. The highest BCUT2D eigenvalue weighted by Gasteiger charge is 2.40. The van der Waals surface area contributed by atoms with Crippen molar-refractivity contribution in [2.75, 3.05) is 6.54 Å². The van der Waals surface area contributed by atoms with Gasteiger partial charge in [0.2, 0.25) is 5.88 Å². The molecule has 11 heteroatoms. The summed E-state index contributed by atoms with van der Waals surface area (Å²) < 4.78 is 44.5. The highest BCUT2D eigenvalue weighted by molar-refractivity contribution is 5.96. The van der Waals surface area contributed by atoms with Gasteiger partial charge in [-0.3, -0.25) is 4.79 Å². The van der Waals surface area contributed by atoms with Crippen LogP contribution in [0.1, 0.15) is 48.3 Å². The van der Waals surface area contributed by atoms with Crippen molar-refractivity contribution in [1.82, 2.24) is 29.9 Å². The Morgan fingerprint density at radius 3 is 2.56 bits per heavy atom. The lowest BCUT2D eigenvalue weighted by Gasteiger charge is -2.31. The van der Waals surface area contributed by atoms with Crippen LogP contribution in [-0.2, 0) is 6.18 Å². The first-order valence-electron chi connectivity index (χ1n) is 11.0. The Morgan fingerprint density at radius 1 is 1.21 bits per heavy atom. The lowest BCUT2D eigenvalue weighted by molar-refractivity contribution is -0.137. The summed E-state index contributed by atoms with van der Waals surface area (Å²) in [4.78, 5) is 25.0. The van der Waals surface area contributed by atoms with Crippen molar-refractivity contribution in [2.45, 2.75) is 51.9 Å². The number of carbonyl (C=O) groups excluding carboxylic acids is 1. The van der Waals surface area contributed by atoms with Gasteiger partial charge >= 0.3 is 6.18 Å². The van der Waals surface area contributed by atoms with Gasteiger partial charge in [-0.25, -0.2) is 9.97 Å². The second-order valence-corrected chi connectivity index (χ2v) is 8.51. The Kier molecular flexibility index (Phi) is 6.54. The maximum Gasteiger partial charge on any atom is 0.417 e. The van der Waals surface area contributed by atoms with Crippen LogP contribution < -0.4 is 4.74 Å². The van der Waals surface area contributed by atoms with Crippen molar-refractivity contribution in [2.24, 2.45) is 5.92 Å². The van der Waals surface area contributed by atoms with E-state index in [2.05, 4.69) is 20.2 Å². The number of pyridine rings is 2. The molecule has 8 nitrogen and oxygen atoms in total.